The molecule has 0 aromatic heterocycles. The Morgan fingerprint density at radius 1 is 0.818 bits per heavy atom. The Morgan fingerprint density at radius 2 is 1.30 bits per heavy atom. The SMILES string of the molecule is C=C(CC(C)(C)N)C(=O)OC1OC(COC(C)=O)C(OC(C)=O)C(OC(C)=O)C1OC(C)=O. The van der Waals surface area contributed by atoms with Crippen molar-refractivity contribution in [1.29, 1.82) is 0 Å². The van der Waals surface area contributed by atoms with Gasteiger partial charge in [0.2, 0.25) is 12.4 Å². The molecule has 186 valence electrons. The number of carbonyl (C=O) groups excluding carboxylic acids is 5. The summed E-state index contributed by atoms with van der Waals surface area (Å²) >= 11 is 0. The number of hydrogen-bond donors (Lipinski definition) is 1. The second-order valence-corrected chi connectivity index (χ2v) is 8.24. The fraction of sp³-hybridized carbons (Fsp3) is 0.667. The van der Waals surface area contributed by atoms with Crippen LogP contribution in [0.15, 0.2) is 12.2 Å². The molecule has 0 radical (unpaired) electrons. The van der Waals surface area contributed by atoms with Gasteiger partial charge >= 0.3 is 29.8 Å². The summed E-state index contributed by atoms with van der Waals surface area (Å²) in [7, 11) is 0. The molecule has 33 heavy (non-hydrogen) atoms. The van der Waals surface area contributed by atoms with E-state index in [1.807, 2.05) is 0 Å². The van der Waals surface area contributed by atoms with E-state index in [2.05, 4.69) is 6.58 Å². The van der Waals surface area contributed by atoms with Gasteiger partial charge in [-0.05, 0) is 20.3 Å². The van der Waals surface area contributed by atoms with Crippen molar-refractivity contribution in [3.8, 4) is 0 Å². The van der Waals surface area contributed by atoms with E-state index in [-0.39, 0.29) is 12.0 Å². The summed E-state index contributed by atoms with van der Waals surface area (Å²) in [4.78, 5) is 59.1. The first-order valence-corrected chi connectivity index (χ1v) is 10.1. The van der Waals surface area contributed by atoms with Gasteiger partial charge in [0.1, 0.15) is 12.7 Å². The third-order valence-corrected chi connectivity index (χ3v) is 4.13. The maximum atomic E-state index is 12.6. The van der Waals surface area contributed by atoms with Gasteiger partial charge in [0.25, 0.3) is 0 Å². The molecule has 1 rings (SSSR count). The number of carbonyl (C=O) groups is 5. The fourth-order valence-corrected chi connectivity index (χ4v) is 3.09. The molecular weight excluding hydrogens is 442 g/mol. The molecule has 0 amide bonds. The predicted octanol–water partition coefficient (Wildman–Crippen LogP) is 0.296. The average Bonchev–Trinajstić information content (AvgIpc) is 2.62. The van der Waals surface area contributed by atoms with E-state index in [4.69, 9.17) is 34.2 Å². The van der Waals surface area contributed by atoms with Crippen LogP contribution in [0.25, 0.3) is 0 Å². The van der Waals surface area contributed by atoms with E-state index in [0.717, 1.165) is 27.7 Å². The highest BCUT2D eigenvalue weighted by Crippen LogP contribution is 2.30. The van der Waals surface area contributed by atoms with Crippen molar-refractivity contribution >= 4 is 29.8 Å². The summed E-state index contributed by atoms with van der Waals surface area (Å²) in [6.45, 7) is 11.0. The lowest BCUT2D eigenvalue weighted by atomic mass is 9.96. The minimum atomic E-state index is -1.62. The van der Waals surface area contributed by atoms with Gasteiger partial charge in [-0.1, -0.05) is 6.58 Å². The summed E-state index contributed by atoms with van der Waals surface area (Å²) in [6, 6.07) is 0. The van der Waals surface area contributed by atoms with Crippen molar-refractivity contribution < 1.29 is 52.4 Å². The van der Waals surface area contributed by atoms with Crippen molar-refractivity contribution in [2.45, 2.75) is 84.2 Å². The fourth-order valence-electron chi connectivity index (χ4n) is 3.09. The van der Waals surface area contributed by atoms with Crippen LogP contribution in [0.2, 0.25) is 0 Å². The zero-order valence-corrected chi connectivity index (χ0v) is 19.6. The minimum absolute atomic E-state index is 0.00959. The van der Waals surface area contributed by atoms with Crippen LogP contribution in [0.4, 0.5) is 0 Å². The van der Waals surface area contributed by atoms with Gasteiger partial charge in [-0.2, -0.15) is 0 Å². The highest BCUT2D eigenvalue weighted by Gasteiger charge is 2.53. The quantitative estimate of drug-likeness (QED) is 0.277. The Bertz CT molecular complexity index is 786. The zero-order valence-electron chi connectivity index (χ0n) is 19.6. The van der Waals surface area contributed by atoms with Crippen LogP contribution in [-0.2, 0) is 52.4 Å². The molecule has 0 aliphatic carbocycles. The van der Waals surface area contributed by atoms with Gasteiger partial charge in [0.15, 0.2) is 12.2 Å². The van der Waals surface area contributed by atoms with Gasteiger partial charge < -0.3 is 34.2 Å². The van der Waals surface area contributed by atoms with Crippen LogP contribution < -0.4 is 5.73 Å². The van der Waals surface area contributed by atoms with Crippen molar-refractivity contribution in [2.24, 2.45) is 5.73 Å². The third-order valence-electron chi connectivity index (χ3n) is 4.13. The van der Waals surface area contributed by atoms with E-state index in [0.29, 0.717) is 0 Å². The Hall–Kier alpha value is -2.99. The van der Waals surface area contributed by atoms with E-state index in [1.54, 1.807) is 13.8 Å². The molecule has 1 aliphatic heterocycles. The smallest absolute Gasteiger partial charge is 0.335 e. The van der Waals surface area contributed by atoms with Gasteiger partial charge in [0, 0.05) is 38.8 Å². The molecule has 0 bridgehead atoms. The second-order valence-electron chi connectivity index (χ2n) is 8.24. The summed E-state index contributed by atoms with van der Waals surface area (Å²) < 4.78 is 31.7. The molecule has 1 saturated heterocycles. The van der Waals surface area contributed by atoms with Crippen LogP contribution >= 0.6 is 0 Å². The number of nitrogens with two attached hydrogens (primary N) is 1. The van der Waals surface area contributed by atoms with Gasteiger partial charge in [-0.3, -0.25) is 19.2 Å². The third kappa shape index (κ3) is 9.58. The molecule has 0 aromatic carbocycles. The zero-order chi connectivity index (χ0) is 25.5. The highest BCUT2D eigenvalue weighted by molar-refractivity contribution is 5.88. The number of hydrogen-bond acceptors (Lipinski definition) is 12. The monoisotopic (exact) mass is 473 g/mol. The van der Waals surface area contributed by atoms with E-state index >= 15 is 0 Å². The Balaban J connectivity index is 3.34. The molecular formula is C21H31NO11. The first-order chi connectivity index (χ1) is 15.1. The Labute approximate surface area is 191 Å². The molecule has 1 heterocycles. The second kappa shape index (κ2) is 11.8. The highest BCUT2D eigenvalue weighted by atomic mass is 16.7. The van der Waals surface area contributed by atoms with Crippen LogP contribution in [-0.4, -0.2) is 72.7 Å². The molecule has 1 aliphatic rings. The van der Waals surface area contributed by atoms with Crippen molar-refractivity contribution in [1.82, 2.24) is 0 Å². The lowest BCUT2D eigenvalue weighted by molar-refractivity contribution is -0.299. The lowest BCUT2D eigenvalue weighted by Crippen LogP contribution is -2.63. The standard InChI is InChI=1S/C21H31NO11/c1-10(8-21(6,7)22)19(27)33-20-18(31-14(5)26)17(30-13(4)25)16(29-12(3)24)15(32-20)9-28-11(2)23/h15-18,20H,1,8-9,22H2,2-7H3. The van der Waals surface area contributed by atoms with E-state index in [9.17, 15) is 24.0 Å². The summed E-state index contributed by atoms with van der Waals surface area (Å²) in [5.41, 5.74) is 5.15. The summed E-state index contributed by atoms with van der Waals surface area (Å²) in [5.74, 6) is -3.97. The molecule has 12 nitrogen and oxygen atoms in total. The van der Waals surface area contributed by atoms with Crippen LogP contribution in [0, 0.1) is 0 Å². The predicted molar refractivity (Wildman–Crippen MR) is 110 cm³/mol. The molecule has 0 saturated carbocycles. The van der Waals surface area contributed by atoms with Gasteiger partial charge in [-0.25, -0.2) is 4.79 Å². The first-order valence-electron chi connectivity index (χ1n) is 10.1. The maximum Gasteiger partial charge on any atom is 0.335 e. The number of esters is 5. The number of rotatable bonds is 9. The number of ether oxygens (including phenoxy) is 6. The van der Waals surface area contributed by atoms with E-state index in [1.165, 1.54) is 0 Å². The molecule has 5 unspecified atom stereocenters. The molecule has 12 heteroatoms. The van der Waals surface area contributed by atoms with Crippen molar-refractivity contribution in [3.63, 3.8) is 0 Å². The summed E-state index contributed by atoms with van der Waals surface area (Å²) in [6.07, 6.45) is -7.07. The molecule has 1 fully saturated rings. The average molecular weight is 473 g/mol. The summed E-state index contributed by atoms with van der Waals surface area (Å²) in [5, 5.41) is 0. The van der Waals surface area contributed by atoms with Crippen molar-refractivity contribution in [2.75, 3.05) is 6.61 Å². The molecule has 5 atom stereocenters. The van der Waals surface area contributed by atoms with Gasteiger partial charge in [0.05, 0.1) is 0 Å². The largest absolute Gasteiger partial charge is 0.463 e. The Kier molecular flexibility index (Phi) is 9.99. The topological polar surface area (TPSA) is 167 Å². The molecule has 2 N–H and O–H groups in total. The maximum absolute atomic E-state index is 12.6. The van der Waals surface area contributed by atoms with Crippen LogP contribution in [0.3, 0.4) is 0 Å². The van der Waals surface area contributed by atoms with Crippen LogP contribution in [0.1, 0.15) is 48.0 Å². The van der Waals surface area contributed by atoms with E-state index < -0.39 is 72.7 Å². The first kappa shape index (κ1) is 28.0. The molecule has 0 spiro atoms. The minimum Gasteiger partial charge on any atom is -0.463 e. The van der Waals surface area contributed by atoms with Crippen LogP contribution in [0.5, 0.6) is 0 Å². The Morgan fingerprint density at radius 3 is 1.76 bits per heavy atom. The normalized spacial score (nSPS) is 24.8. The molecule has 0 aromatic rings. The van der Waals surface area contributed by atoms with Gasteiger partial charge in [-0.15, -0.1) is 0 Å². The van der Waals surface area contributed by atoms with Crippen molar-refractivity contribution in [3.05, 3.63) is 12.2 Å². The lowest BCUT2D eigenvalue weighted by Gasteiger charge is -2.43.